The van der Waals surface area contributed by atoms with Crippen molar-refractivity contribution in [2.24, 2.45) is 5.92 Å². The molecule has 1 saturated heterocycles. The summed E-state index contributed by atoms with van der Waals surface area (Å²) < 4.78 is 0. The number of rotatable bonds is 5. The lowest BCUT2D eigenvalue weighted by Crippen LogP contribution is -2.46. The average molecular weight is 280 g/mol. The Hall–Kier alpha value is -1.06. The summed E-state index contributed by atoms with van der Waals surface area (Å²) in [6, 6.07) is -0.211. The second-order valence-electron chi connectivity index (χ2n) is 6.24. The molecule has 1 saturated carbocycles. The molecule has 2 rings (SSSR count). The summed E-state index contributed by atoms with van der Waals surface area (Å²) in [6.45, 7) is 3.51. The summed E-state index contributed by atoms with van der Waals surface area (Å²) in [5.41, 5.74) is 0. The van der Waals surface area contributed by atoms with Crippen molar-refractivity contribution in [3.63, 3.8) is 0 Å². The van der Waals surface area contributed by atoms with Crippen LogP contribution in [-0.4, -0.2) is 35.8 Å². The van der Waals surface area contributed by atoms with Crippen LogP contribution in [0.15, 0.2) is 0 Å². The summed E-state index contributed by atoms with van der Waals surface area (Å²) >= 11 is 0. The third-order valence-corrected chi connectivity index (χ3v) is 4.61. The second kappa shape index (κ2) is 7.65. The van der Waals surface area contributed by atoms with E-state index in [4.69, 9.17) is 0 Å². The molecule has 0 aromatic heterocycles. The van der Waals surface area contributed by atoms with Crippen LogP contribution in [-0.2, 0) is 9.59 Å². The third-order valence-electron chi connectivity index (χ3n) is 4.61. The molecule has 20 heavy (non-hydrogen) atoms. The Morgan fingerprint density at radius 2 is 1.85 bits per heavy atom. The SMILES string of the molecule is CCCNC(=O)[C@@H]1CCCN1C(=O)CC1CCCCC1. The number of nitrogens with one attached hydrogen (secondary N) is 1. The minimum atomic E-state index is -0.211. The molecule has 2 amide bonds. The Labute approximate surface area is 122 Å². The van der Waals surface area contributed by atoms with E-state index in [-0.39, 0.29) is 17.9 Å². The molecule has 0 spiro atoms. The van der Waals surface area contributed by atoms with Crippen LogP contribution in [0.5, 0.6) is 0 Å². The molecule has 1 aliphatic heterocycles. The summed E-state index contributed by atoms with van der Waals surface area (Å²) in [6.07, 6.45) is 9.59. The lowest BCUT2D eigenvalue weighted by atomic mass is 9.86. The minimum Gasteiger partial charge on any atom is -0.354 e. The normalized spacial score (nSPS) is 23.9. The Kier molecular flexibility index (Phi) is 5.86. The quantitative estimate of drug-likeness (QED) is 0.841. The Morgan fingerprint density at radius 1 is 1.10 bits per heavy atom. The number of nitrogens with zero attached hydrogens (tertiary/aromatic N) is 1. The first-order valence-electron chi connectivity index (χ1n) is 8.29. The van der Waals surface area contributed by atoms with Gasteiger partial charge in [-0.05, 0) is 38.0 Å². The van der Waals surface area contributed by atoms with E-state index in [1.807, 2.05) is 11.8 Å². The first kappa shape index (κ1) is 15.3. The van der Waals surface area contributed by atoms with Gasteiger partial charge in [0.05, 0.1) is 0 Å². The van der Waals surface area contributed by atoms with Crippen LogP contribution in [0.25, 0.3) is 0 Å². The zero-order valence-corrected chi connectivity index (χ0v) is 12.7. The number of hydrogen-bond donors (Lipinski definition) is 1. The van der Waals surface area contributed by atoms with E-state index in [1.165, 1.54) is 32.1 Å². The fraction of sp³-hybridized carbons (Fsp3) is 0.875. The van der Waals surface area contributed by atoms with Gasteiger partial charge in [-0.15, -0.1) is 0 Å². The molecule has 4 nitrogen and oxygen atoms in total. The number of amides is 2. The molecule has 0 radical (unpaired) electrons. The standard InChI is InChI=1S/C16H28N2O2/c1-2-10-17-16(20)14-9-6-11-18(14)15(19)12-13-7-4-3-5-8-13/h13-14H,2-12H2,1H3,(H,17,20)/t14-/m0/s1. The van der Waals surface area contributed by atoms with Gasteiger partial charge in [0.2, 0.25) is 11.8 Å². The van der Waals surface area contributed by atoms with Gasteiger partial charge in [0, 0.05) is 19.5 Å². The van der Waals surface area contributed by atoms with E-state index < -0.39 is 0 Å². The van der Waals surface area contributed by atoms with Gasteiger partial charge in [-0.1, -0.05) is 26.2 Å². The maximum atomic E-state index is 12.4. The summed E-state index contributed by atoms with van der Waals surface area (Å²) in [5.74, 6) is 0.795. The molecule has 2 fully saturated rings. The Bertz CT molecular complexity index is 337. The van der Waals surface area contributed by atoms with Crippen LogP contribution in [0, 0.1) is 5.92 Å². The summed E-state index contributed by atoms with van der Waals surface area (Å²) in [4.78, 5) is 26.4. The van der Waals surface area contributed by atoms with Crippen molar-refractivity contribution in [2.75, 3.05) is 13.1 Å². The number of carbonyl (C=O) groups is 2. The van der Waals surface area contributed by atoms with Crippen LogP contribution >= 0.6 is 0 Å². The van der Waals surface area contributed by atoms with Crippen molar-refractivity contribution >= 4 is 11.8 Å². The number of carbonyl (C=O) groups excluding carboxylic acids is 2. The first-order valence-corrected chi connectivity index (χ1v) is 8.29. The van der Waals surface area contributed by atoms with Gasteiger partial charge in [-0.25, -0.2) is 0 Å². The van der Waals surface area contributed by atoms with Crippen LogP contribution < -0.4 is 5.32 Å². The molecular weight excluding hydrogens is 252 g/mol. The maximum absolute atomic E-state index is 12.4. The van der Waals surface area contributed by atoms with Crippen LogP contribution in [0.4, 0.5) is 0 Å². The van der Waals surface area contributed by atoms with E-state index in [1.54, 1.807) is 0 Å². The molecule has 114 valence electrons. The van der Waals surface area contributed by atoms with Gasteiger partial charge < -0.3 is 10.2 Å². The Balaban J connectivity index is 1.85. The monoisotopic (exact) mass is 280 g/mol. The minimum absolute atomic E-state index is 0.0429. The lowest BCUT2D eigenvalue weighted by Gasteiger charge is -2.27. The summed E-state index contributed by atoms with van der Waals surface area (Å²) in [5, 5.41) is 2.93. The molecule has 1 atom stereocenters. The van der Waals surface area contributed by atoms with Gasteiger partial charge in [0.25, 0.3) is 0 Å². The highest BCUT2D eigenvalue weighted by molar-refractivity contribution is 5.88. The fourth-order valence-corrected chi connectivity index (χ4v) is 3.46. The highest BCUT2D eigenvalue weighted by Gasteiger charge is 2.34. The van der Waals surface area contributed by atoms with Crippen molar-refractivity contribution < 1.29 is 9.59 Å². The molecular formula is C16H28N2O2. The van der Waals surface area contributed by atoms with E-state index in [0.717, 1.165) is 25.8 Å². The van der Waals surface area contributed by atoms with E-state index >= 15 is 0 Å². The molecule has 0 bridgehead atoms. The number of hydrogen-bond acceptors (Lipinski definition) is 2. The van der Waals surface area contributed by atoms with Gasteiger partial charge in [-0.3, -0.25) is 9.59 Å². The van der Waals surface area contributed by atoms with Crippen molar-refractivity contribution in [2.45, 2.75) is 70.8 Å². The highest BCUT2D eigenvalue weighted by atomic mass is 16.2. The van der Waals surface area contributed by atoms with Crippen molar-refractivity contribution in [1.29, 1.82) is 0 Å². The van der Waals surface area contributed by atoms with Crippen molar-refractivity contribution in [3.05, 3.63) is 0 Å². The number of likely N-dealkylation sites (tertiary alicyclic amines) is 1. The van der Waals surface area contributed by atoms with Crippen molar-refractivity contribution in [3.8, 4) is 0 Å². The molecule has 4 heteroatoms. The van der Waals surface area contributed by atoms with E-state index in [2.05, 4.69) is 5.32 Å². The maximum Gasteiger partial charge on any atom is 0.242 e. The van der Waals surface area contributed by atoms with Gasteiger partial charge >= 0.3 is 0 Å². The predicted octanol–water partition coefficient (Wildman–Crippen LogP) is 2.47. The van der Waals surface area contributed by atoms with Crippen LogP contribution in [0.2, 0.25) is 0 Å². The molecule has 0 aromatic rings. The largest absolute Gasteiger partial charge is 0.354 e. The Morgan fingerprint density at radius 3 is 2.55 bits per heavy atom. The van der Waals surface area contributed by atoms with Crippen molar-refractivity contribution in [1.82, 2.24) is 10.2 Å². The molecule has 1 aliphatic carbocycles. The highest BCUT2D eigenvalue weighted by Crippen LogP contribution is 2.28. The second-order valence-corrected chi connectivity index (χ2v) is 6.24. The first-order chi connectivity index (χ1) is 9.72. The third kappa shape index (κ3) is 3.97. The molecule has 1 N–H and O–H groups in total. The van der Waals surface area contributed by atoms with Crippen LogP contribution in [0.1, 0.15) is 64.7 Å². The molecule has 2 aliphatic rings. The van der Waals surface area contributed by atoms with E-state index in [0.29, 0.717) is 18.9 Å². The van der Waals surface area contributed by atoms with E-state index in [9.17, 15) is 9.59 Å². The topological polar surface area (TPSA) is 49.4 Å². The zero-order valence-electron chi connectivity index (χ0n) is 12.7. The van der Waals surface area contributed by atoms with Crippen LogP contribution in [0.3, 0.4) is 0 Å². The summed E-state index contributed by atoms with van der Waals surface area (Å²) in [7, 11) is 0. The molecule has 0 aromatic carbocycles. The molecule has 0 unspecified atom stereocenters. The van der Waals surface area contributed by atoms with Gasteiger partial charge in [-0.2, -0.15) is 0 Å². The predicted molar refractivity (Wildman–Crippen MR) is 79.2 cm³/mol. The van der Waals surface area contributed by atoms with Gasteiger partial charge in [0.15, 0.2) is 0 Å². The average Bonchev–Trinajstić information content (AvgIpc) is 2.95. The van der Waals surface area contributed by atoms with Gasteiger partial charge in [0.1, 0.15) is 6.04 Å². The lowest BCUT2D eigenvalue weighted by molar-refractivity contribution is -0.139. The zero-order chi connectivity index (χ0) is 14.4. The molecule has 1 heterocycles. The fourth-order valence-electron chi connectivity index (χ4n) is 3.46. The smallest absolute Gasteiger partial charge is 0.242 e.